The van der Waals surface area contributed by atoms with E-state index in [4.69, 9.17) is 4.98 Å². The van der Waals surface area contributed by atoms with Crippen molar-refractivity contribution in [3.8, 4) is 0 Å². The largest absolute Gasteiger partial charge is 0.305 e. The Morgan fingerprint density at radius 1 is 1.05 bits per heavy atom. The second kappa shape index (κ2) is 4.88. The van der Waals surface area contributed by atoms with Crippen LogP contribution in [0.3, 0.4) is 0 Å². The smallest absolute Gasteiger partial charge is 0.111 e. The highest BCUT2D eigenvalue weighted by Crippen LogP contribution is 2.38. The number of fused-ring (bicyclic) bond motifs is 2. The lowest BCUT2D eigenvalue weighted by atomic mass is 9.78. The first-order valence-electron chi connectivity index (χ1n) is 7.52. The Hall–Kier alpha value is -0.930. The average Bonchev–Trinajstić information content (AvgIpc) is 2.90. The molecule has 3 atom stereocenters. The molecule has 1 aromatic heterocycles. The number of hydrogen-bond donors (Lipinski definition) is 1. The van der Waals surface area contributed by atoms with Crippen molar-refractivity contribution in [2.75, 3.05) is 0 Å². The molecule has 1 aromatic carbocycles. The van der Waals surface area contributed by atoms with Crippen molar-refractivity contribution in [3.63, 3.8) is 0 Å². The summed E-state index contributed by atoms with van der Waals surface area (Å²) in [6, 6.07) is 9.74. The number of nitrogens with one attached hydrogen (secondary N) is 1. The molecule has 3 unspecified atom stereocenters. The summed E-state index contributed by atoms with van der Waals surface area (Å²) < 4.78 is 1.32. The second-order valence-corrected chi connectivity index (χ2v) is 7.03. The van der Waals surface area contributed by atoms with Crippen LogP contribution in [-0.2, 0) is 0 Å². The van der Waals surface area contributed by atoms with Crippen LogP contribution < -0.4 is 5.32 Å². The highest BCUT2D eigenvalue weighted by Gasteiger charge is 2.33. The molecule has 0 radical (unpaired) electrons. The highest BCUT2D eigenvalue weighted by molar-refractivity contribution is 7.18. The predicted molar refractivity (Wildman–Crippen MR) is 80.5 cm³/mol. The van der Waals surface area contributed by atoms with Crippen LogP contribution in [0.2, 0.25) is 0 Å². The standard InChI is InChI=1S/C16H20N2S/c1-2-6-12-11(5-1)9-10-14(17-12)16-18-13-7-3-4-8-15(13)19-16/h3-4,7-8,11-12,14,17H,1-2,5-6,9-10H2. The molecule has 3 heteroatoms. The van der Waals surface area contributed by atoms with Gasteiger partial charge in [-0.05, 0) is 43.7 Å². The van der Waals surface area contributed by atoms with E-state index in [1.165, 1.54) is 48.2 Å². The third kappa shape index (κ3) is 2.19. The fourth-order valence-electron chi connectivity index (χ4n) is 3.73. The van der Waals surface area contributed by atoms with Crippen LogP contribution in [0, 0.1) is 5.92 Å². The van der Waals surface area contributed by atoms with E-state index in [9.17, 15) is 0 Å². The third-order valence-corrected chi connectivity index (χ3v) is 5.91. The van der Waals surface area contributed by atoms with Crippen LogP contribution in [0.4, 0.5) is 0 Å². The number of piperidine rings is 1. The Labute approximate surface area is 118 Å². The zero-order valence-electron chi connectivity index (χ0n) is 11.1. The van der Waals surface area contributed by atoms with E-state index in [1.54, 1.807) is 0 Å². The van der Waals surface area contributed by atoms with Crippen LogP contribution in [0.1, 0.15) is 49.6 Å². The van der Waals surface area contributed by atoms with Crippen molar-refractivity contribution < 1.29 is 0 Å². The zero-order valence-corrected chi connectivity index (χ0v) is 12.0. The molecule has 2 heterocycles. The molecule has 2 fully saturated rings. The molecule has 1 saturated heterocycles. The lowest BCUT2D eigenvalue weighted by molar-refractivity contribution is 0.177. The summed E-state index contributed by atoms with van der Waals surface area (Å²) in [6.07, 6.45) is 8.30. The number of thiazole rings is 1. The van der Waals surface area contributed by atoms with Crippen molar-refractivity contribution in [1.82, 2.24) is 10.3 Å². The lowest BCUT2D eigenvalue weighted by Crippen LogP contribution is -2.44. The first kappa shape index (κ1) is 11.9. The molecular weight excluding hydrogens is 252 g/mol. The van der Waals surface area contributed by atoms with Crippen molar-refractivity contribution >= 4 is 21.6 Å². The van der Waals surface area contributed by atoms with Gasteiger partial charge in [0.25, 0.3) is 0 Å². The first-order chi connectivity index (χ1) is 9.40. The van der Waals surface area contributed by atoms with Gasteiger partial charge in [-0.1, -0.05) is 25.0 Å². The molecular formula is C16H20N2S. The minimum atomic E-state index is 0.497. The van der Waals surface area contributed by atoms with Gasteiger partial charge in [0.2, 0.25) is 0 Å². The quantitative estimate of drug-likeness (QED) is 0.838. The summed E-state index contributed by atoms with van der Waals surface area (Å²) in [5, 5.41) is 5.18. The first-order valence-corrected chi connectivity index (χ1v) is 8.33. The van der Waals surface area contributed by atoms with Crippen molar-refractivity contribution in [2.24, 2.45) is 5.92 Å². The van der Waals surface area contributed by atoms with Gasteiger partial charge >= 0.3 is 0 Å². The zero-order chi connectivity index (χ0) is 12.7. The maximum absolute atomic E-state index is 4.83. The SMILES string of the molecule is c1ccc2sc(C3CCC4CCCCC4N3)nc2c1. The lowest BCUT2D eigenvalue weighted by Gasteiger charge is -2.39. The van der Waals surface area contributed by atoms with Gasteiger partial charge in [-0.2, -0.15) is 0 Å². The molecule has 0 amide bonds. The summed E-state index contributed by atoms with van der Waals surface area (Å²) in [7, 11) is 0. The third-order valence-electron chi connectivity index (χ3n) is 4.76. The van der Waals surface area contributed by atoms with Gasteiger partial charge in [0.1, 0.15) is 5.01 Å². The van der Waals surface area contributed by atoms with Crippen molar-refractivity contribution in [1.29, 1.82) is 0 Å². The van der Waals surface area contributed by atoms with Crippen LogP contribution >= 0.6 is 11.3 Å². The summed E-state index contributed by atoms with van der Waals surface area (Å²) in [5.74, 6) is 0.930. The van der Waals surface area contributed by atoms with Crippen molar-refractivity contribution in [3.05, 3.63) is 29.3 Å². The van der Waals surface area contributed by atoms with E-state index >= 15 is 0 Å². The molecule has 0 bridgehead atoms. The Kier molecular flexibility index (Phi) is 3.04. The summed E-state index contributed by atoms with van der Waals surface area (Å²) >= 11 is 1.87. The van der Waals surface area contributed by atoms with E-state index in [2.05, 4.69) is 29.6 Å². The molecule has 1 saturated carbocycles. The topological polar surface area (TPSA) is 24.9 Å². The van der Waals surface area contributed by atoms with E-state index in [1.807, 2.05) is 11.3 Å². The molecule has 1 N–H and O–H groups in total. The van der Waals surface area contributed by atoms with E-state index < -0.39 is 0 Å². The fraction of sp³-hybridized carbons (Fsp3) is 0.562. The van der Waals surface area contributed by atoms with Crippen LogP contribution in [0.5, 0.6) is 0 Å². The van der Waals surface area contributed by atoms with Gasteiger partial charge in [0.15, 0.2) is 0 Å². The number of rotatable bonds is 1. The Balaban J connectivity index is 1.58. The number of hydrogen-bond acceptors (Lipinski definition) is 3. The normalized spacial score (nSPS) is 31.3. The molecule has 2 aromatic rings. The summed E-state index contributed by atoms with van der Waals surface area (Å²) in [4.78, 5) is 4.83. The number of benzene rings is 1. The van der Waals surface area contributed by atoms with E-state index in [-0.39, 0.29) is 0 Å². The number of nitrogens with zero attached hydrogens (tertiary/aromatic N) is 1. The maximum atomic E-state index is 4.83. The van der Waals surface area contributed by atoms with Gasteiger partial charge in [0, 0.05) is 6.04 Å². The fourth-order valence-corrected chi connectivity index (χ4v) is 4.79. The van der Waals surface area contributed by atoms with Gasteiger partial charge in [-0.25, -0.2) is 4.98 Å². The summed E-state index contributed by atoms with van der Waals surface area (Å²) in [6.45, 7) is 0. The van der Waals surface area contributed by atoms with Crippen LogP contribution in [0.25, 0.3) is 10.2 Å². The molecule has 2 nitrogen and oxygen atoms in total. The number of aromatic nitrogens is 1. The molecule has 1 aliphatic carbocycles. The Bertz CT molecular complexity index is 544. The molecule has 4 rings (SSSR count). The second-order valence-electron chi connectivity index (χ2n) is 5.97. The predicted octanol–water partition coefficient (Wildman–Crippen LogP) is 4.28. The average molecular weight is 272 g/mol. The molecule has 1 aliphatic heterocycles. The maximum Gasteiger partial charge on any atom is 0.111 e. The molecule has 0 spiro atoms. The van der Waals surface area contributed by atoms with Gasteiger partial charge in [-0.15, -0.1) is 11.3 Å². The van der Waals surface area contributed by atoms with E-state index in [0.717, 1.165) is 17.5 Å². The Morgan fingerprint density at radius 2 is 1.95 bits per heavy atom. The highest BCUT2D eigenvalue weighted by atomic mass is 32.1. The molecule has 19 heavy (non-hydrogen) atoms. The van der Waals surface area contributed by atoms with Crippen LogP contribution in [0.15, 0.2) is 24.3 Å². The minimum absolute atomic E-state index is 0.497. The Morgan fingerprint density at radius 3 is 2.89 bits per heavy atom. The number of para-hydroxylation sites is 1. The minimum Gasteiger partial charge on any atom is -0.305 e. The van der Waals surface area contributed by atoms with Gasteiger partial charge < -0.3 is 5.32 Å². The monoisotopic (exact) mass is 272 g/mol. The molecule has 2 aliphatic rings. The van der Waals surface area contributed by atoms with Crippen LogP contribution in [-0.4, -0.2) is 11.0 Å². The van der Waals surface area contributed by atoms with Gasteiger partial charge in [0.05, 0.1) is 16.3 Å². The van der Waals surface area contributed by atoms with E-state index in [0.29, 0.717) is 6.04 Å². The molecule has 100 valence electrons. The van der Waals surface area contributed by atoms with Crippen molar-refractivity contribution in [2.45, 2.75) is 50.6 Å². The summed E-state index contributed by atoms with van der Waals surface area (Å²) in [5.41, 5.74) is 1.16. The van der Waals surface area contributed by atoms with Gasteiger partial charge in [-0.3, -0.25) is 0 Å².